The van der Waals surface area contributed by atoms with Crippen molar-refractivity contribution >= 4 is 17.3 Å². The normalized spacial score (nSPS) is 10.5. The zero-order valence-electron chi connectivity index (χ0n) is 7.40. The third kappa shape index (κ3) is 1.13. The van der Waals surface area contributed by atoms with E-state index >= 15 is 0 Å². The quantitative estimate of drug-likeness (QED) is 0.651. The fourth-order valence-corrected chi connectivity index (χ4v) is 1.54. The van der Waals surface area contributed by atoms with Gasteiger partial charge in [-0.1, -0.05) is 0 Å². The monoisotopic (exact) mass is 174 g/mol. The van der Waals surface area contributed by atoms with Crippen molar-refractivity contribution < 1.29 is 4.79 Å². The molecule has 2 aromatic rings. The van der Waals surface area contributed by atoms with E-state index in [1.807, 2.05) is 29.7 Å². The molecule has 0 aliphatic carbocycles. The summed E-state index contributed by atoms with van der Waals surface area (Å²) < 4.78 is 1.91. The van der Waals surface area contributed by atoms with Gasteiger partial charge in [-0.25, -0.2) is 4.98 Å². The second kappa shape index (κ2) is 3.01. The van der Waals surface area contributed by atoms with Crippen molar-refractivity contribution in [3.63, 3.8) is 0 Å². The molecule has 13 heavy (non-hydrogen) atoms. The van der Waals surface area contributed by atoms with Crippen LogP contribution in [-0.2, 0) is 6.54 Å². The largest absolute Gasteiger partial charge is 0.323 e. The van der Waals surface area contributed by atoms with Crippen LogP contribution in [0.3, 0.4) is 0 Å². The SMILES string of the molecule is CCn1c(C=O)cc2cccnc21. The Morgan fingerprint density at radius 1 is 1.62 bits per heavy atom. The number of rotatable bonds is 2. The second-order valence-corrected chi connectivity index (χ2v) is 2.85. The van der Waals surface area contributed by atoms with Crippen LogP contribution in [-0.4, -0.2) is 15.8 Å². The molecule has 0 saturated heterocycles. The number of fused-ring (bicyclic) bond motifs is 1. The molecule has 3 heteroatoms. The van der Waals surface area contributed by atoms with Crippen molar-refractivity contribution in [3.8, 4) is 0 Å². The molecule has 66 valence electrons. The molecule has 0 aliphatic rings. The van der Waals surface area contributed by atoms with Crippen LogP contribution in [0.25, 0.3) is 11.0 Å². The van der Waals surface area contributed by atoms with Crippen LogP contribution >= 0.6 is 0 Å². The molecular formula is C10H10N2O. The van der Waals surface area contributed by atoms with Crippen molar-refractivity contribution in [1.29, 1.82) is 0 Å². The zero-order chi connectivity index (χ0) is 9.26. The molecule has 0 radical (unpaired) electrons. The topological polar surface area (TPSA) is 34.9 Å². The summed E-state index contributed by atoms with van der Waals surface area (Å²) in [7, 11) is 0. The average molecular weight is 174 g/mol. The number of nitrogens with zero attached hydrogens (tertiary/aromatic N) is 2. The highest BCUT2D eigenvalue weighted by atomic mass is 16.1. The molecule has 0 unspecified atom stereocenters. The lowest BCUT2D eigenvalue weighted by Crippen LogP contribution is -1.99. The van der Waals surface area contributed by atoms with Gasteiger partial charge in [0.1, 0.15) is 5.65 Å². The summed E-state index contributed by atoms with van der Waals surface area (Å²) in [6.07, 6.45) is 2.61. The van der Waals surface area contributed by atoms with Crippen LogP contribution in [0.1, 0.15) is 17.4 Å². The fourth-order valence-electron chi connectivity index (χ4n) is 1.54. The summed E-state index contributed by atoms with van der Waals surface area (Å²) in [5.74, 6) is 0. The average Bonchev–Trinajstić information content (AvgIpc) is 2.55. The summed E-state index contributed by atoms with van der Waals surface area (Å²) in [5, 5.41) is 1.02. The van der Waals surface area contributed by atoms with Gasteiger partial charge in [0.15, 0.2) is 6.29 Å². The van der Waals surface area contributed by atoms with Crippen molar-refractivity contribution in [2.24, 2.45) is 0 Å². The molecule has 0 fully saturated rings. The second-order valence-electron chi connectivity index (χ2n) is 2.85. The number of carbonyl (C=O) groups is 1. The summed E-state index contributed by atoms with van der Waals surface area (Å²) >= 11 is 0. The van der Waals surface area contributed by atoms with E-state index in [2.05, 4.69) is 4.98 Å². The molecule has 0 spiro atoms. The van der Waals surface area contributed by atoms with Gasteiger partial charge in [-0.05, 0) is 25.1 Å². The summed E-state index contributed by atoms with van der Waals surface area (Å²) in [6.45, 7) is 2.77. The minimum absolute atomic E-state index is 0.691. The number of pyridine rings is 1. The van der Waals surface area contributed by atoms with Crippen LogP contribution in [0.2, 0.25) is 0 Å². The third-order valence-corrected chi connectivity index (χ3v) is 2.12. The molecule has 0 saturated carbocycles. The van der Waals surface area contributed by atoms with Crippen molar-refractivity contribution in [3.05, 3.63) is 30.1 Å². The van der Waals surface area contributed by atoms with Crippen LogP contribution in [0.15, 0.2) is 24.4 Å². The molecule has 0 atom stereocenters. The van der Waals surface area contributed by atoms with E-state index in [1.54, 1.807) is 6.20 Å². The maximum absolute atomic E-state index is 10.7. The minimum atomic E-state index is 0.691. The summed E-state index contributed by atoms with van der Waals surface area (Å²) in [5.41, 5.74) is 1.57. The smallest absolute Gasteiger partial charge is 0.166 e. The lowest BCUT2D eigenvalue weighted by atomic mass is 10.3. The van der Waals surface area contributed by atoms with Crippen LogP contribution in [0.4, 0.5) is 0 Å². The number of aromatic nitrogens is 2. The molecular weight excluding hydrogens is 164 g/mol. The molecule has 2 aromatic heterocycles. The maximum atomic E-state index is 10.7. The van der Waals surface area contributed by atoms with Gasteiger partial charge >= 0.3 is 0 Å². The van der Waals surface area contributed by atoms with Crippen molar-refractivity contribution in [2.75, 3.05) is 0 Å². The Morgan fingerprint density at radius 2 is 2.46 bits per heavy atom. The number of hydrogen-bond donors (Lipinski definition) is 0. The number of hydrogen-bond acceptors (Lipinski definition) is 2. The molecule has 2 rings (SSSR count). The van der Waals surface area contributed by atoms with Gasteiger partial charge in [0.2, 0.25) is 0 Å². The van der Waals surface area contributed by atoms with Gasteiger partial charge in [0.25, 0.3) is 0 Å². The molecule has 0 aromatic carbocycles. The Balaban J connectivity index is 2.81. The predicted molar refractivity (Wildman–Crippen MR) is 50.8 cm³/mol. The molecule has 0 amide bonds. The van der Waals surface area contributed by atoms with E-state index in [1.165, 1.54) is 0 Å². The fraction of sp³-hybridized carbons (Fsp3) is 0.200. The van der Waals surface area contributed by atoms with Crippen LogP contribution < -0.4 is 0 Å². The number of carbonyl (C=O) groups excluding carboxylic acids is 1. The van der Waals surface area contributed by atoms with Gasteiger partial charge < -0.3 is 4.57 Å². The van der Waals surface area contributed by atoms with Crippen LogP contribution in [0.5, 0.6) is 0 Å². The van der Waals surface area contributed by atoms with E-state index in [9.17, 15) is 4.79 Å². The first-order chi connectivity index (χ1) is 6.36. The molecule has 0 N–H and O–H groups in total. The Hall–Kier alpha value is -1.64. The van der Waals surface area contributed by atoms with E-state index < -0.39 is 0 Å². The van der Waals surface area contributed by atoms with Crippen molar-refractivity contribution in [1.82, 2.24) is 9.55 Å². The van der Waals surface area contributed by atoms with Gasteiger partial charge in [0, 0.05) is 18.1 Å². The third-order valence-electron chi connectivity index (χ3n) is 2.12. The van der Waals surface area contributed by atoms with Crippen LogP contribution in [0, 0.1) is 0 Å². The van der Waals surface area contributed by atoms with Crippen molar-refractivity contribution in [2.45, 2.75) is 13.5 Å². The summed E-state index contributed by atoms with van der Waals surface area (Å²) in [4.78, 5) is 14.9. The van der Waals surface area contributed by atoms with Gasteiger partial charge in [-0.2, -0.15) is 0 Å². The Kier molecular flexibility index (Phi) is 1.85. The highest BCUT2D eigenvalue weighted by Gasteiger charge is 2.05. The van der Waals surface area contributed by atoms with E-state index in [0.29, 0.717) is 5.69 Å². The molecule has 0 aliphatic heterocycles. The standard InChI is InChI=1S/C10H10N2O/c1-2-12-9(7-13)6-8-4-3-5-11-10(8)12/h3-7H,2H2,1H3. The minimum Gasteiger partial charge on any atom is -0.323 e. The number of aryl methyl sites for hydroxylation is 1. The maximum Gasteiger partial charge on any atom is 0.166 e. The first-order valence-corrected chi connectivity index (χ1v) is 4.26. The van der Waals surface area contributed by atoms with E-state index in [0.717, 1.165) is 23.9 Å². The Bertz CT molecular complexity index is 445. The Morgan fingerprint density at radius 3 is 3.15 bits per heavy atom. The molecule has 0 bridgehead atoms. The van der Waals surface area contributed by atoms with Gasteiger partial charge in [0.05, 0.1) is 5.69 Å². The summed E-state index contributed by atoms with van der Waals surface area (Å²) in [6, 6.07) is 5.69. The van der Waals surface area contributed by atoms with E-state index in [-0.39, 0.29) is 0 Å². The lowest BCUT2D eigenvalue weighted by Gasteiger charge is -2.00. The predicted octanol–water partition coefficient (Wildman–Crippen LogP) is 1.87. The lowest BCUT2D eigenvalue weighted by molar-refractivity contribution is 0.111. The number of aldehydes is 1. The first-order valence-electron chi connectivity index (χ1n) is 4.26. The highest BCUT2D eigenvalue weighted by molar-refractivity contribution is 5.86. The van der Waals surface area contributed by atoms with Gasteiger partial charge in [-0.3, -0.25) is 4.79 Å². The van der Waals surface area contributed by atoms with Gasteiger partial charge in [-0.15, -0.1) is 0 Å². The zero-order valence-corrected chi connectivity index (χ0v) is 7.40. The van der Waals surface area contributed by atoms with E-state index in [4.69, 9.17) is 0 Å². The Labute approximate surface area is 76.0 Å². The molecule has 3 nitrogen and oxygen atoms in total. The highest BCUT2D eigenvalue weighted by Crippen LogP contribution is 2.15. The first kappa shape index (κ1) is 7.98. The molecule has 2 heterocycles.